The van der Waals surface area contributed by atoms with Gasteiger partial charge in [0.15, 0.2) is 11.5 Å². The number of aromatic amines is 1. The molecule has 10 nitrogen and oxygen atoms in total. The van der Waals surface area contributed by atoms with Gasteiger partial charge in [0.05, 0.1) is 24.7 Å². The lowest BCUT2D eigenvalue weighted by Gasteiger charge is -2.10. The smallest absolute Gasteiger partial charge is 0.317 e. The molecule has 1 aromatic heterocycles. The second kappa shape index (κ2) is 13.6. The maximum atomic E-state index is 9.48. The van der Waals surface area contributed by atoms with E-state index in [1.807, 2.05) is 6.20 Å². The van der Waals surface area contributed by atoms with E-state index in [9.17, 15) is 9.90 Å². The van der Waals surface area contributed by atoms with Crippen LogP contribution in [0.2, 0.25) is 0 Å². The van der Waals surface area contributed by atoms with Gasteiger partial charge >= 0.3 is 5.97 Å². The highest BCUT2D eigenvalue weighted by Crippen LogP contribution is 2.27. The Balaban J connectivity index is 0.000000409. The number of carboxylic acids is 1. The van der Waals surface area contributed by atoms with Crippen LogP contribution in [-0.2, 0) is 11.2 Å². The molecule has 2 rings (SSSR count). The molecule has 1 aromatic carbocycles. The quantitative estimate of drug-likeness (QED) is 0.304. The Bertz CT molecular complexity index is 621. The summed E-state index contributed by atoms with van der Waals surface area (Å²) in [6.45, 7) is 0.801. The maximum Gasteiger partial charge on any atom is 0.317 e. The van der Waals surface area contributed by atoms with Gasteiger partial charge < -0.3 is 42.2 Å². The second-order valence-corrected chi connectivity index (χ2v) is 5.02. The Morgan fingerprint density at radius 3 is 2.38 bits per heavy atom. The molecule has 0 saturated carbocycles. The van der Waals surface area contributed by atoms with Crippen molar-refractivity contribution in [2.45, 2.75) is 12.5 Å². The van der Waals surface area contributed by atoms with E-state index in [2.05, 4.69) is 21.0 Å². The molecule has 0 bridgehead atoms. The number of nitrogens with two attached hydrogens (primary N) is 2. The predicted octanol–water partition coefficient (Wildman–Crippen LogP) is -0.709. The van der Waals surface area contributed by atoms with Crippen molar-refractivity contribution in [2.24, 2.45) is 11.5 Å². The van der Waals surface area contributed by atoms with Crippen LogP contribution in [0, 0.1) is 0 Å². The third-order valence-electron chi connectivity index (χ3n) is 2.91. The minimum atomic E-state index is -0.968. The molecule has 0 fully saturated rings. The summed E-state index contributed by atoms with van der Waals surface area (Å²) in [5.74, 6) is -1.36. The number of aliphatic hydroxyl groups excluding tert-OH is 1. The highest BCUT2D eigenvalue weighted by atomic mass is 16.4. The van der Waals surface area contributed by atoms with E-state index in [1.165, 1.54) is 12.1 Å². The molecule has 10 heteroatoms. The summed E-state index contributed by atoms with van der Waals surface area (Å²) in [4.78, 5) is 16.1. The van der Waals surface area contributed by atoms with Crippen LogP contribution >= 0.6 is 0 Å². The minimum Gasteiger partial charge on any atom is -0.504 e. The van der Waals surface area contributed by atoms with E-state index >= 15 is 0 Å². The number of rotatable bonds is 6. The molecule has 0 saturated heterocycles. The summed E-state index contributed by atoms with van der Waals surface area (Å²) in [5, 5.41) is 38.0. The number of phenolic OH excluding ortho intramolecular Hbond substituents is 2. The van der Waals surface area contributed by atoms with Gasteiger partial charge in [-0.2, -0.15) is 0 Å². The Hall–Kier alpha value is -2.66. The number of carbonyl (C=O) groups is 1. The first-order valence-electron chi connectivity index (χ1n) is 7.79. The van der Waals surface area contributed by atoms with Crippen LogP contribution in [0.25, 0.3) is 0 Å². The number of aliphatic hydroxyl groups is 1. The molecule has 10 N–H and O–H groups in total. The molecule has 2 aromatic rings. The first-order chi connectivity index (χ1) is 12.3. The van der Waals surface area contributed by atoms with Crippen molar-refractivity contribution in [3.8, 4) is 11.5 Å². The number of aromatic hydroxyl groups is 2. The molecule has 0 radical (unpaired) electrons. The largest absolute Gasteiger partial charge is 0.504 e. The molecule has 1 heterocycles. The van der Waals surface area contributed by atoms with Gasteiger partial charge in [-0.1, -0.05) is 6.07 Å². The predicted molar refractivity (Wildman–Crippen MR) is 96.7 cm³/mol. The average Bonchev–Trinajstić information content (AvgIpc) is 3.12. The molecule has 0 unspecified atom stereocenters. The molecular formula is C16H27N5O5. The number of phenols is 2. The molecule has 0 aliphatic heterocycles. The van der Waals surface area contributed by atoms with Crippen molar-refractivity contribution in [1.29, 1.82) is 0 Å². The zero-order chi connectivity index (χ0) is 19.9. The van der Waals surface area contributed by atoms with Crippen molar-refractivity contribution in [2.75, 3.05) is 26.7 Å². The molecule has 0 aliphatic rings. The Labute approximate surface area is 151 Å². The number of aliphatic carboxylic acids is 1. The van der Waals surface area contributed by atoms with Gasteiger partial charge in [0.2, 0.25) is 0 Å². The van der Waals surface area contributed by atoms with Crippen LogP contribution in [-0.4, -0.2) is 63.0 Å². The van der Waals surface area contributed by atoms with Crippen LogP contribution in [0.3, 0.4) is 0 Å². The Morgan fingerprint density at radius 2 is 1.96 bits per heavy atom. The highest BCUT2D eigenvalue weighted by Gasteiger charge is 2.08. The molecule has 0 aliphatic carbocycles. The fraction of sp³-hybridized carbons (Fsp3) is 0.375. The van der Waals surface area contributed by atoms with Crippen molar-refractivity contribution in [1.82, 2.24) is 15.3 Å². The monoisotopic (exact) mass is 369 g/mol. The number of nitrogens with one attached hydrogen (secondary N) is 2. The van der Waals surface area contributed by atoms with Crippen LogP contribution in [0.15, 0.2) is 30.7 Å². The van der Waals surface area contributed by atoms with Crippen molar-refractivity contribution in [3.63, 3.8) is 0 Å². The van der Waals surface area contributed by atoms with Crippen LogP contribution < -0.4 is 16.8 Å². The first kappa shape index (κ1) is 23.3. The van der Waals surface area contributed by atoms with Gasteiger partial charge in [-0.05, 0) is 31.3 Å². The van der Waals surface area contributed by atoms with Gasteiger partial charge in [-0.15, -0.1) is 0 Å². The zero-order valence-electron chi connectivity index (χ0n) is 14.6. The van der Waals surface area contributed by atoms with Gasteiger partial charge in [-0.25, -0.2) is 4.98 Å². The van der Waals surface area contributed by atoms with E-state index in [0.29, 0.717) is 18.7 Å². The fourth-order valence-corrected chi connectivity index (χ4v) is 1.63. The second-order valence-electron chi connectivity index (χ2n) is 5.02. The number of hydrogen-bond donors (Lipinski definition) is 8. The summed E-state index contributed by atoms with van der Waals surface area (Å²) in [7, 11) is 1.73. The van der Waals surface area contributed by atoms with Crippen molar-refractivity contribution < 1.29 is 25.2 Å². The number of imidazole rings is 1. The van der Waals surface area contributed by atoms with Crippen molar-refractivity contribution in [3.05, 3.63) is 42.0 Å². The summed E-state index contributed by atoms with van der Waals surface area (Å²) >= 11 is 0. The Morgan fingerprint density at radius 1 is 1.31 bits per heavy atom. The molecule has 26 heavy (non-hydrogen) atoms. The standard InChI is InChI=1S/C9H13NO3.C5H9N3.C2H5NO2/c1-10-5-9(13)6-2-3-7(11)8(12)4-6;6-2-1-5-3-7-4-8-5;3-1-2(4)5/h2-4,9-13H,5H2,1H3;3-4H,1-2,6H2,(H,7,8);1,3H2,(H,4,5)/t9-;;/m0../s1. The number of aromatic nitrogens is 2. The number of carboxylic acid groups (broad SMARTS) is 1. The first-order valence-corrected chi connectivity index (χ1v) is 7.79. The normalized spacial score (nSPS) is 10.8. The van der Waals surface area contributed by atoms with Gasteiger partial charge in [-0.3, -0.25) is 4.79 Å². The number of benzene rings is 1. The van der Waals surface area contributed by atoms with E-state index in [4.69, 9.17) is 21.1 Å². The topological polar surface area (TPSA) is 191 Å². The third kappa shape index (κ3) is 10.3. The summed E-state index contributed by atoms with van der Waals surface area (Å²) < 4.78 is 0. The van der Waals surface area contributed by atoms with Crippen LogP contribution in [0.1, 0.15) is 17.4 Å². The SMILES string of the molecule is CNC[C@H](O)c1ccc(O)c(O)c1.NCC(=O)O.NCCc1c[nH]cn1. The fourth-order valence-electron chi connectivity index (χ4n) is 1.63. The lowest BCUT2D eigenvalue weighted by atomic mass is 10.1. The summed E-state index contributed by atoms with van der Waals surface area (Å²) in [6.07, 6.45) is 3.71. The summed E-state index contributed by atoms with van der Waals surface area (Å²) in [6, 6.07) is 4.26. The molecule has 146 valence electrons. The van der Waals surface area contributed by atoms with E-state index in [1.54, 1.807) is 19.4 Å². The van der Waals surface area contributed by atoms with Crippen LogP contribution in [0.5, 0.6) is 11.5 Å². The molecule has 0 spiro atoms. The molecule has 1 atom stereocenters. The average molecular weight is 369 g/mol. The summed E-state index contributed by atoms with van der Waals surface area (Å²) in [5.41, 5.74) is 11.4. The molecular weight excluding hydrogens is 342 g/mol. The van der Waals surface area contributed by atoms with Crippen LogP contribution in [0.4, 0.5) is 0 Å². The third-order valence-corrected chi connectivity index (χ3v) is 2.91. The van der Waals surface area contributed by atoms with Gasteiger partial charge in [0, 0.05) is 19.2 Å². The van der Waals surface area contributed by atoms with Gasteiger partial charge in [0.1, 0.15) is 0 Å². The van der Waals surface area contributed by atoms with E-state index < -0.39 is 12.1 Å². The Kier molecular flexibility index (Phi) is 12.2. The highest BCUT2D eigenvalue weighted by molar-refractivity contribution is 5.68. The van der Waals surface area contributed by atoms with Gasteiger partial charge in [0.25, 0.3) is 0 Å². The molecule has 0 amide bonds. The number of likely N-dealkylation sites (N-methyl/N-ethyl adjacent to an activating group) is 1. The lowest BCUT2D eigenvalue weighted by molar-refractivity contribution is -0.135. The lowest BCUT2D eigenvalue weighted by Crippen LogP contribution is -2.16. The maximum absolute atomic E-state index is 9.48. The number of nitrogens with zero attached hydrogens (tertiary/aromatic N) is 1. The number of hydrogen-bond acceptors (Lipinski definition) is 8. The number of H-pyrrole nitrogens is 1. The van der Waals surface area contributed by atoms with E-state index in [-0.39, 0.29) is 18.0 Å². The zero-order valence-corrected chi connectivity index (χ0v) is 14.6. The minimum absolute atomic E-state index is 0.180. The van der Waals surface area contributed by atoms with E-state index in [0.717, 1.165) is 12.1 Å². The van der Waals surface area contributed by atoms with Crippen molar-refractivity contribution >= 4 is 5.97 Å².